The average molecular weight is 338 g/mol. The fourth-order valence-electron chi connectivity index (χ4n) is 2.84. The van der Waals surface area contributed by atoms with Gasteiger partial charge >= 0.3 is 5.97 Å². The molecule has 122 valence electrons. The largest absolute Gasteiger partial charge is 0.481 e. The van der Waals surface area contributed by atoms with Gasteiger partial charge in [0.1, 0.15) is 0 Å². The van der Waals surface area contributed by atoms with E-state index in [1.165, 1.54) is 4.90 Å². The Labute approximate surface area is 136 Å². The summed E-state index contributed by atoms with van der Waals surface area (Å²) in [7, 11) is 0. The van der Waals surface area contributed by atoms with Crippen molar-refractivity contribution in [3.8, 4) is 11.3 Å². The average Bonchev–Trinajstić information content (AvgIpc) is 3.00. The first-order valence-corrected chi connectivity index (χ1v) is 8.18. The minimum Gasteiger partial charge on any atom is -0.481 e. The van der Waals surface area contributed by atoms with Gasteiger partial charge in [-0.15, -0.1) is 0 Å². The summed E-state index contributed by atoms with van der Waals surface area (Å²) in [6.45, 7) is -0.00342. The topological polar surface area (TPSA) is 53.4 Å². The normalized spacial score (nSPS) is 21.2. The summed E-state index contributed by atoms with van der Waals surface area (Å²) in [6, 6.07) is 5.67. The van der Waals surface area contributed by atoms with E-state index in [9.17, 15) is 13.6 Å². The van der Waals surface area contributed by atoms with E-state index in [2.05, 4.69) is 4.98 Å². The molecule has 0 aliphatic carbocycles. The van der Waals surface area contributed by atoms with Gasteiger partial charge in [0.05, 0.1) is 18.2 Å². The van der Waals surface area contributed by atoms with Crippen LogP contribution in [0.2, 0.25) is 0 Å². The van der Waals surface area contributed by atoms with Crippen molar-refractivity contribution in [3.63, 3.8) is 0 Å². The molecular weight excluding hydrogens is 322 g/mol. The number of thiophene rings is 1. The lowest BCUT2D eigenvalue weighted by molar-refractivity contribution is -0.153. The van der Waals surface area contributed by atoms with E-state index in [0.717, 1.165) is 16.8 Å². The number of nitrogens with zero attached hydrogens (tertiary/aromatic N) is 2. The number of aliphatic carboxylic acids is 1. The second-order valence-electron chi connectivity index (χ2n) is 5.83. The molecule has 0 aromatic carbocycles. The number of likely N-dealkylation sites (tertiary alicyclic amines) is 1. The summed E-state index contributed by atoms with van der Waals surface area (Å²) in [6.07, 6.45) is 1.07. The fourth-order valence-corrected chi connectivity index (χ4v) is 3.49. The maximum Gasteiger partial charge on any atom is 0.308 e. The number of rotatable bonds is 4. The summed E-state index contributed by atoms with van der Waals surface area (Å²) < 4.78 is 27.4. The molecule has 23 heavy (non-hydrogen) atoms. The molecule has 1 atom stereocenters. The Hall–Kier alpha value is -1.86. The molecule has 1 aliphatic rings. The van der Waals surface area contributed by atoms with E-state index in [0.29, 0.717) is 0 Å². The Kier molecular flexibility index (Phi) is 4.41. The number of pyridine rings is 1. The van der Waals surface area contributed by atoms with Crippen LogP contribution in [-0.2, 0) is 11.3 Å². The number of piperidine rings is 1. The highest BCUT2D eigenvalue weighted by Gasteiger charge is 2.42. The number of hydrogen-bond acceptors (Lipinski definition) is 4. The van der Waals surface area contributed by atoms with Crippen LogP contribution in [0.3, 0.4) is 0 Å². The first kappa shape index (κ1) is 16.0. The zero-order valence-electron chi connectivity index (χ0n) is 12.3. The van der Waals surface area contributed by atoms with E-state index in [1.807, 2.05) is 29.0 Å². The Bertz CT molecular complexity index is 674. The van der Waals surface area contributed by atoms with Gasteiger partial charge in [-0.1, -0.05) is 6.07 Å². The number of carbonyl (C=O) groups is 1. The lowest BCUT2D eigenvalue weighted by Gasteiger charge is -2.35. The van der Waals surface area contributed by atoms with E-state index in [-0.39, 0.29) is 13.1 Å². The third-order valence-corrected chi connectivity index (χ3v) is 4.56. The molecule has 4 nitrogen and oxygen atoms in total. The van der Waals surface area contributed by atoms with Crippen molar-refractivity contribution >= 4 is 17.3 Å². The SMILES string of the molecule is O=C(O)C1CN(Cc2ccc(-c3ccsc3)nc2)CC(F)(F)C1. The summed E-state index contributed by atoms with van der Waals surface area (Å²) >= 11 is 1.58. The zero-order chi connectivity index (χ0) is 16.4. The molecule has 1 fully saturated rings. The monoisotopic (exact) mass is 338 g/mol. The minimum absolute atomic E-state index is 0.136. The van der Waals surface area contributed by atoms with Crippen LogP contribution < -0.4 is 0 Å². The lowest BCUT2D eigenvalue weighted by Crippen LogP contribution is -2.48. The number of carboxylic acid groups (broad SMARTS) is 1. The van der Waals surface area contributed by atoms with Crippen LogP contribution in [0, 0.1) is 5.92 Å². The Morgan fingerprint density at radius 1 is 1.43 bits per heavy atom. The maximum atomic E-state index is 13.7. The molecule has 2 aromatic rings. The Morgan fingerprint density at radius 3 is 2.87 bits per heavy atom. The molecule has 3 rings (SSSR count). The predicted octanol–water partition coefficient (Wildman–Crippen LogP) is 3.35. The molecule has 1 N–H and O–H groups in total. The molecule has 2 aromatic heterocycles. The van der Waals surface area contributed by atoms with E-state index < -0.39 is 30.8 Å². The zero-order valence-corrected chi connectivity index (χ0v) is 13.1. The second-order valence-corrected chi connectivity index (χ2v) is 6.61. The first-order valence-electron chi connectivity index (χ1n) is 7.23. The highest BCUT2D eigenvalue weighted by molar-refractivity contribution is 7.08. The van der Waals surface area contributed by atoms with Crippen LogP contribution in [0.5, 0.6) is 0 Å². The highest BCUT2D eigenvalue weighted by Crippen LogP contribution is 2.31. The van der Waals surface area contributed by atoms with Crippen LogP contribution in [0.25, 0.3) is 11.3 Å². The van der Waals surface area contributed by atoms with Crippen molar-refractivity contribution in [2.45, 2.75) is 18.9 Å². The van der Waals surface area contributed by atoms with E-state index >= 15 is 0 Å². The third-order valence-electron chi connectivity index (χ3n) is 3.88. The molecule has 0 spiro atoms. The highest BCUT2D eigenvalue weighted by atomic mass is 32.1. The summed E-state index contributed by atoms with van der Waals surface area (Å²) in [4.78, 5) is 16.9. The first-order chi connectivity index (χ1) is 10.9. The van der Waals surface area contributed by atoms with Crippen molar-refractivity contribution in [2.24, 2.45) is 5.92 Å². The second kappa shape index (κ2) is 6.33. The van der Waals surface area contributed by atoms with Gasteiger partial charge in [0.2, 0.25) is 0 Å². The maximum absolute atomic E-state index is 13.7. The van der Waals surface area contributed by atoms with Gasteiger partial charge in [-0.3, -0.25) is 14.7 Å². The quantitative estimate of drug-likeness (QED) is 0.929. The predicted molar refractivity (Wildman–Crippen MR) is 83.5 cm³/mol. The van der Waals surface area contributed by atoms with Gasteiger partial charge in [-0.2, -0.15) is 11.3 Å². The minimum atomic E-state index is -2.97. The van der Waals surface area contributed by atoms with Gasteiger partial charge in [-0.25, -0.2) is 8.78 Å². The lowest BCUT2D eigenvalue weighted by atomic mass is 9.95. The van der Waals surface area contributed by atoms with Gasteiger partial charge in [0.25, 0.3) is 5.92 Å². The Balaban J connectivity index is 1.70. The van der Waals surface area contributed by atoms with E-state index in [1.54, 1.807) is 17.5 Å². The van der Waals surface area contributed by atoms with Crippen molar-refractivity contribution in [2.75, 3.05) is 13.1 Å². The summed E-state index contributed by atoms with van der Waals surface area (Å²) in [5, 5.41) is 13.0. The molecule has 1 saturated heterocycles. The van der Waals surface area contributed by atoms with Crippen molar-refractivity contribution in [3.05, 3.63) is 40.7 Å². The number of aromatic nitrogens is 1. The number of halogens is 2. The summed E-state index contributed by atoms with van der Waals surface area (Å²) in [5.74, 6) is -5.16. The third kappa shape index (κ3) is 3.92. The molecular formula is C16H16F2N2O2S. The van der Waals surface area contributed by atoms with Crippen LogP contribution in [-0.4, -0.2) is 40.0 Å². The molecule has 7 heteroatoms. The van der Waals surface area contributed by atoms with Gasteiger partial charge in [-0.05, 0) is 23.1 Å². The molecule has 0 radical (unpaired) electrons. The van der Waals surface area contributed by atoms with E-state index in [4.69, 9.17) is 5.11 Å². The van der Waals surface area contributed by atoms with Crippen LogP contribution >= 0.6 is 11.3 Å². The fraction of sp³-hybridized carbons (Fsp3) is 0.375. The molecule has 1 unspecified atom stereocenters. The standard InChI is InChI=1S/C16H16F2N2O2S/c17-16(18)5-13(15(21)22)8-20(10-16)7-11-1-2-14(19-6-11)12-3-4-23-9-12/h1-4,6,9,13H,5,7-8,10H2,(H,21,22). The van der Waals surface area contributed by atoms with Crippen molar-refractivity contribution < 1.29 is 18.7 Å². The molecule has 0 amide bonds. The molecule has 0 bridgehead atoms. The van der Waals surface area contributed by atoms with Gasteiger partial charge in [0.15, 0.2) is 0 Å². The van der Waals surface area contributed by atoms with Crippen LogP contribution in [0.1, 0.15) is 12.0 Å². The molecule has 3 heterocycles. The van der Waals surface area contributed by atoms with Crippen molar-refractivity contribution in [1.82, 2.24) is 9.88 Å². The smallest absolute Gasteiger partial charge is 0.308 e. The number of hydrogen-bond donors (Lipinski definition) is 1. The van der Waals surface area contributed by atoms with Gasteiger partial charge < -0.3 is 5.11 Å². The van der Waals surface area contributed by atoms with Crippen molar-refractivity contribution in [1.29, 1.82) is 0 Å². The van der Waals surface area contributed by atoms with Crippen LogP contribution in [0.15, 0.2) is 35.2 Å². The van der Waals surface area contributed by atoms with Gasteiger partial charge in [0, 0.05) is 36.7 Å². The number of alkyl halides is 2. The number of carboxylic acids is 1. The molecule has 1 aliphatic heterocycles. The Morgan fingerprint density at radius 2 is 2.26 bits per heavy atom. The van der Waals surface area contributed by atoms with Crippen LogP contribution in [0.4, 0.5) is 8.78 Å². The molecule has 0 saturated carbocycles. The summed E-state index contributed by atoms with van der Waals surface area (Å²) in [5.41, 5.74) is 2.66.